The second-order valence-electron chi connectivity index (χ2n) is 6.79. The summed E-state index contributed by atoms with van der Waals surface area (Å²) in [5.41, 5.74) is 1.44. The molecule has 1 fully saturated rings. The van der Waals surface area contributed by atoms with Gasteiger partial charge in [-0.25, -0.2) is 0 Å². The fraction of sp³-hybridized carbons (Fsp3) is 0.350. The summed E-state index contributed by atoms with van der Waals surface area (Å²) in [6.07, 6.45) is 2.18. The van der Waals surface area contributed by atoms with Crippen LogP contribution in [0.3, 0.4) is 0 Å². The van der Waals surface area contributed by atoms with E-state index in [0.717, 1.165) is 11.8 Å². The third kappa shape index (κ3) is 4.38. The predicted molar refractivity (Wildman–Crippen MR) is 101 cm³/mol. The Hall–Kier alpha value is -2.02. The Labute approximate surface area is 154 Å². The molecule has 0 saturated carbocycles. The molecule has 2 aromatic carbocycles. The molecule has 1 N–H and O–H groups in total. The average molecular weight is 373 g/mol. The highest BCUT2D eigenvalue weighted by Crippen LogP contribution is 2.37. The van der Waals surface area contributed by atoms with E-state index >= 15 is 0 Å². The summed E-state index contributed by atoms with van der Waals surface area (Å²) in [6.45, 7) is 0.703. The molecule has 1 heterocycles. The maximum Gasteiger partial charge on any atom is 0.264 e. The molecule has 0 amide bonds. The third-order valence-electron chi connectivity index (χ3n) is 4.92. The lowest BCUT2D eigenvalue weighted by Gasteiger charge is -2.29. The molecule has 2 aromatic rings. The topological polar surface area (TPSA) is 72.5 Å². The van der Waals surface area contributed by atoms with Gasteiger partial charge in [-0.1, -0.05) is 60.7 Å². The molecule has 3 rings (SSSR count). The molecule has 2 atom stereocenters. The van der Waals surface area contributed by atoms with E-state index in [0.29, 0.717) is 24.9 Å². The zero-order valence-electron chi connectivity index (χ0n) is 14.7. The van der Waals surface area contributed by atoms with Gasteiger partial charge in [0.05, 0.1) is 18.9 Å². The van der Waals surface area contributed by atoms with E-state index in [1.807, 2.05) is 60.7 Å². The van der Waals surface area contributed by atoms with E-state index in [-0.39, 0.29) is 23.8 Å². The second kappa shape index (κ2) is 7.70. The first kappa shape index (κ1) is 18.8. The molecule has 6 heteroatoms. The van der Waals surface area contributed by atoms with Crippen molar-refractivity contribution in [1.82, 2.24) is 5.32 Å². The monoisotopic (exact) mass is 373 g/mol. The highest BCUT2D eigenvalue weighted by Gasteiger charge is 2.42. The lowest BCUT2D eigenvalue weighted by molar-refractivity contribution is 0.0948. The van der Waals surface area contributed by atoms with Gasteiger partial charge in [-0.3, -0.25) is 8.98 Å². The number of nitrogens with one attached hydrogen (secondary N) is 1. The zero-order valence-corrected chi connectivity index (χ0v) is 15.5. The van der Waals surface area contributed by atoms with E-state index in [9.17, 15) is 13.2 Å². The van der Waals surface area contributed by atoms with Gasteiger partial charge >= 0.3 is 0 Å². The Morgan fingerprint density at radius 2 is 1.73 bits per heavy atom. The summed E-state index contributed by atoms with van der Waals surface area (Å²) in [7, 11) is -3.48. The summed E-state index contributed by atoms with van der Waals surface area (Å²) in [4.78, 5) is 12.8. The Balaban J connectivity index is 1.80. The van der Waals surface area contributed by atoms with Gasteiger partial charge in [-0.05, 0) is 18.4 Å². The summed E-state index contributed by atoms with van der Waals surface area (Å²) in [6, 6.07) is 18.8. The van der Waals surface area contributed by atoms with Crippen molar-refractivity contribution in [1.29, 1.82) is 0 Å². The molecule has 1 aliphatic heterocycles. The van der Waals surface area contributed by atoms with Crippen LogP contribution in [0, 0.1) is 0 Å². The average Bonchev–Trinajstić information content (AvgIpc) is 3.07. The van der Waals surface area contributed by atoms with Gasteiger partial charge in [0.2, 0.25) is 0 Å². The van der Waals surface area contributed by atoms with Crippen LogP contribution in [0.2, 0.25) is 0 Å². The summed E-state index contributed by atoms with van der Waals surface area (Å²) >= 11 is 0. The van der Waals surface area contributed by atoms with Crippen LogP contribution < -0.4 is 5.32 Å². The van der Waals surface area contributed by atoms with Gasteiger partial charge in [0.15, 0.2) is 5.78 Å². The van der Waals surface area contributed by atoms with Crippen molar-refractivity contribution in [2.75, 3.05) is 19.4 Å². The highest BCUT2D eigenvalue weighted by molar-refractivity contribution is 7.85. The minimum Gasteiger partial charge on any atom is -0.306 e. The highest BCUT2D eigenvalue weighted by atomic mass is 32.2. The predicted octanol–water partition coefficient (Wildman–Crippen LogP) is 2.54. The van der Waals surface area contributed by atoms with Crippen LogP contribution in [-0.2, 0) is 19.7 Å². The maximum atomic E-state index is 12.8. The normalized spacial score (nSPS) is 23.0. The number of ketones is 1. The standard InChI is InChI=1S/C20H23NO4S/c1-26(23,24)25-13-12-20(17-10-6-3-7-11-17)14-18(21-15-20)19(22)16-8-4-2-5-9-16/h2-11,18,21H,12-15H2,1H3. The lowest BCUT2D eigenvalue weighted by Crippen LogP contribution is -2.31. The van der Waals surface area contributed by atoms with Crippen LogP contribution in [0.4, 0.5) is 0 Å². The van der Waals surface area contributed by atoms with Crippen molar-refractivity contribution in [2.45, 2.75) is 24.3 Å². The molecule has 2 unspecified atom stereocenters. The van der Waals surface area contributed by atoms with Crippen LogP contribution in [-0.4, -0.2) is 39.7 Å². The van der Waals surface area contributed by atoms with Crippen molar-refractivity contribution in [3.8, 4) is 0 Å². The van der Waals surface area contributed by atoms with Crippen molar-refractivity contribution >= 4 is 15.9 Å². The minimum absolute atomic E-state index is 0.0624. The number of carbonyl (C=O) groups is 1. The van der Waals surface area contributed by atoms with E-state index in [4.69, 9.17) is 4.18 Å². The molecule has 0 aliphatic carbocycles. The number of hydrogen-bond donors (Lipinski definition) is 1. The molecule has 1 saturated heterocycles. The van der Waals surface area contributed by atoms with Crippen LogP contribution in [0.15, 0.2) is 60.7 Å². The van der Waals surface area contributed by atoms with Crippen LogP contribution in [0.5, 0.6) is 0 Å². The maximum absolute atomic E-state index is 12.8. The van der Waals surface area contributed by atoms with Crippen LogP contribution in [0.25, 0.3) is 0 Å². The lowest BCUT2D eigenvalue weighted by atomic mass is 9.75. The number of benzene rings is 2. The molecular formula is C20H23NO4S. The van der Waals surface area contributed by atoms with Crippen molar-refractivity contribution < 1.29 is 17.4 Å². The molecule has 0 aromatic heterocycles. The van der Waals surface area contributed by atoms with Gasteiger partial charge in [0.25, 0.3) is 10.1 Å². The van der Waals surface area contributed by atoms with Gasteiger partial charge in [0, 0.05) is 17.5 Å². The minimum atomic E-state index is -3.48. The Morgan fingerprint density at radius 1 is 1.12 bits per heavy atom. The number of carbonyl (C=O) groups excluding carboxylic acids is 1. The Bertz CT molecular complexity index is 852. The number of hydrogen-bond acceptors (Lipinski definition) is 5. The summed E-state index contributed by atoms with van der Waals surface area (Å²) in [5, 5.41) is 3.34. The molecule has 138 valence electrons. The number of Topliss-reactive ketones (excluding diaryl/α,β-unsaturated/α-hetero) is 1. The molecule has 1 aliphatic rings. The van der Waals surface area contributed by atoms with E-state index in [2.05, 4.69) is 5.32 Å². The zero-order chi connectivity index (χ0) is 18.6. The number of rotatable bonds is 7. The van der Waals surface area contributed by atoms with Gasteiger partial charge < -0.3 is 5.32 Å². The molecule has 0 bridgehead atoms. The molecule has 26 heavy (non-hydrogen) atoms. The quantitative estimate of drug-likeness (QED) is 0.596. The van der Waals surface area contributed by atoms with Crippen molar-refractivity contribution in [2.24, 2.45) is 0 Å². The van der Waals surface area contributed by atoms with E-state index in [1.165, 1.54) is 0 Å². The van der Waals surface area contributed by atoms with E-state index < -0.39 is 10.1 Å². The first-order valence-corrected chi connectivity index (χ1v) is 10.4. The first-order valence-electron chi connectivity index (χ1n) is 8.62. The molecular weight excluding hydrogens is 350 g/mol. The largest absolute Gasteiger partial charge is 0.306 e. The van der Waals surface area contributed by atoms with Crippen molar-refractivity contribution in [3.63, 3.8) is 0 Å². The Kier molecular flexibility index (Phi) is 5.55. The molecule has 0 radical (unpaired) electrons. The van der Waals surface area contributed by atoms with Gasteiger partial charge in [-0.15, -0.1) is 0 Å². The smallest absolute Gasteiger partial charge is 0.264 e. The SMILES string of the molecule is CS(=O)(=O)OCCC1(c2ccccc2)CNC(C(=O)c2ccccc2)C1. The third-order valence-corrected chi connectivity index (χ3v) is 5.52. The summed E-state index contributed by atoms with van der Waals surface area (Å²) in [5.74, 6) is 0.0624. The van der Waals surface area contributed by atoms with Gasteiger partial charge in [-0.2, -0.15) is 8.42 Å². The summed E-state index contributed by atoms with van der Waals surface area (Å²) < 4.78 is 27.6. The van der Waals surface area contributed by atoms with Crippen molar-refractivity contribution in [3.05, 3.63) is 71.8 Å². The molecule has 5 nitrogen and oxygen atoms in total. The second-order valence-corrected chi connectivity index (χ2v) is 8.43. The molecule has 0 spiro atoms. The van der Waals surface area contributed by atoms with Crippen LogP contribution >= 0.6 is 0 Å². The fourth-order valence-electron chi connectivity index (χ4n) is 3.58. The fourth-order valence-corrected chi connectivity index (χ4v) is 3.96. The first-order chi connectivity index (χ1) is 12.4. The van der Waals surface area contributed by atoms with E-state index in [1.54, 1.807) is 0 Å². The Morgan fingerprint density at radius 3 is 2.35 bits per heavy atom. The van der Waals surface area contributed by atoms with Gasteiger partial charge in [0.1, 0.15) is 0 Å². The van der Waals surface area contributed by atoms with Crippen LogP contribution in [0.1, 0.15) is 28.8 Å².